The number of hydrogen-bond acceptors (Lipinski definition) is 3. The van der Waals surface area contributed by atoms with Gasteiger partial charge in [0.05, 0.1) is 0 Å². The maximum atomic E-state index is 12.1. The summed E-state index contributed by atoms with van der Waals surface area (Å²) in [6, 6.07) is 9.13. The van der Waals surface area contributed by atoms with Crippen LogP contribution in [0.4, 0.5) is 5.69 Å². The van der Waals surface area contributed by atoms with Crippen LogP contribution in [0.25, 0.3) is 0 Å². The van der Waals surface area contributed by atoms with Gasteiger partial charge in [-0.1, -0.05) is 18.6 Å². The Bertz CT molecular complexity index is 665. The summed E-state index contributed by atoms with van der Waals surface area (Å²) in [5.41, 5.74) is 1.98. The maximum Gasteiger partial charge on any atom is 0.227 e. The Balaban J connectivity index is 0.00000450. The predicted molar refractivity (Wildman–Crippen MR) is 138 cm³/mol. The third kappa shape index (κ3) is 8.79. The first kappa shape index (κ1) is 26.7. The molecule has 0 radical (unpaired) electrons. The fourth-order valence-corrected chi connectivity index (χ4v) is 3.66. The van der Waals surface area contributed by atoms with E-state index in [4.69, 9.17) is 0 Å². The van der Waals surface area contributed by atoms with Gasteiger partial charge in [0.15, 0.2) is 5.96 Å². The molecule has 30 heavy (non-hydrogen) atoms. The Labute approximate surface area is 199 Å². The van der Waals surface area contributed by atoms with Crippen LogP contribution in [0.3, 0.4) is 0 Å². The third-order valence-electron chi connectivity index (χ3n) is 5.57. The van der Waals surface area contributed by atoms with Crippen LogP contribution in [0.1, 0.15) is 58.9 Å². The zero-order valence-corrected chi connectivity index (χ0v) is 21.5. The van der Waals surface area contributed by atoms with E-state index in [1.54, 1.807) is 7.05 Å². The number of nitrogens with one attached hydrogen (secondary N) is 3. The number of carbonyl (C=O) groups excluding carboxylic acids is 1. The number of guanidine groups is 1. The molecule has 7 heteroatoms. The summed E-state index contributed by atoms with van der Waals surface area (Å²) >= 11 is 0. The minimum absolute atomic E-state index is 0. The number of hydrogen-bond donors (Lipinski definition) is 3. The molecule has 0 unspecified atom stereocenters. The molecule has 0 bridgehead atoms. The molecule has 170 valence electrons. The highest BCUT2D eigenvalue weighted by molar-refractivity contribution is 14.0. The summed E-state index contributed by atoms with van der Waals surface area (Å²) in [7, 11) is 1.79. The van der Waals surface area contributed by atoms with E-state index in [0.29, 0.717) is 18.6 Å². The first-order valence-electron chi connectivity index (χ1n) is 11.0. The monoisotopic (exact) mass is 529 g/mol. The largest absolute Gasteiger partial charge is 0.356 e. The van der Waals surface area contributed by atoms with Gasteiger partial charge in [0, 0.05) is 50.4 Å². The van der Waals surface area contributed by atoms with Crippen molar-refractivity contribution in [2.45, 2.75) is 72.0 Å². The Kier molecular flexibility index (Phi) is 12.3. The molecule has 1 aromatic rings. The lowest BCUT2D eigenvalue weighted by molar-refractivity contribution is -0.122. The van der Waals surface area contributed by atoms with E-state index in [-0.39, 0.29) is 35.8 Å². The molecule has 0 atom stereocenters. The summed E-state index contributed by atoms with van der Waals surface area (Å²) in [6.45, 7) is 11.6. The first-order chi connectivity index (χ1) is 13.9. The van der Waals surface area contributed by atoms with Crippen LogP contribution in [0.5, 0.6) is 0 Å². The van der Waals surface area contributed by atoms with Gasteiger partial charge in [0.1, 0.15) is 0 Å². The molecular weight excluding hydrogens is 489 g/mol. The van der Waals surface area contributed by atoms with Crippen molar-refractivity contribution in [2.75, 3.05) is 25.5 Å². The van der Waals surface area contributed by atoms with Gasteiger partial charge in [-0.2, -0.15) is 0 Å². The molecule has 1 fully saturated rings. The van der Waals surface area contributed by atoms with Crippen LogP contribution in [-0.2, 0) is 11.3 Å². The smallest absolute Gasteiger partial charge is 0.227 e. The normalized spacial score (nSPS) is 14.5. The first-order valence-corrected chi connectivity index (χ1v) is 11.0. The molecule has 0 aliphatic heterocycles. The molecule has 1 aromatic carbocycles. The SMILES string of the molecule is CN=C(NCCCN(C(C)C)C(C)C)NCc1cccc(NC(=O)C2CCC2)c1.I. The van der Waals surface area contributed by atoms with Crippen LogP contribution in [0.2, 0.25) is 0 Å². The van der Waals surface area contributed by atoms with Gasteiger partial charge in [-0.25, -0.2) is 0 Å². The number of halogens is 1. The highest BCUT2D eigenvalue weighted by atomic mass is 127. The van der Waals surface area contributed by atoms with Crippen molar-refractivity contribution in [3.63, 3.8) is 0 Å². The number of anilines is 1. The second-order valence-corrected chi connectivity index (χ2v) is 8.45. The molecule has 0 heterocycles. The molecule has 3 N–H and O–H groups in total. The number of carbonyl (C=O) groups is 1. The predicted octanol–water partition coefficient (Wildman–Crippen LogP) is 4.22. The Morgan fingerprint density at radius 1 is 1.17 bits per heavy atom. The summed E-state index contributed by atoms with van der Waals surface area (Å²) in [4.78, 5) is 19.0. The van der Waals surface area contributed by atoms with Crippen molar-refractivity contribution in [3.05, 3.63) is 29.8 Å². The number of rotatable bonds is 10. The minimum Gasteiger partial charge on any atom is -0.356 e. The third-order valence-corrected chi connectivity index (χ3v) is 5.57. The molecule has 2 rings (SSSR count). The quantitative estimate of drug-likeness (QED) is 0.184. The van der Waals surface area contributed by atoms with E-state index in [1.807, 2.05) is 18.2 Å². The molecule has 1 aliphatic carbocycles. The van der Waals surface area contributed by atoms with Crippen molar-refractivity contribution >= 4 is 41.5 Å². The van der Waals surface area contributed by atoms with Crippen molar-refractivity contribution < 1.29 is 4.79 Å². The molecule has 0 saturated heterocycles. The fraction of sp³-hybridized carbons (Fsp3) is 0.652. The Hall–Kier alpha value is -1.35. The van der Waals surface area contributed by atoms with Gasteiger partial charge in [0.2, 0.25) is 5.91 Å². The average molecular weight is 530 g/mol. The summed E-state index contributed by atoms with van der Waals surface area (Å²) in [5, 5.41) is 9.79. The maximum absolute atomic E-state index is 12.1. The van der Waals surface area contributed by atoms with Crippen molar-refractivity contribution in [2.24, 2.45) is 10.9 Å². The average Bonchev–Trinajstić information content (AvgIpc) is 2.62. The highest BCUT2D eigenvalue weighted by Gasteiger charge is 2.25. The van der Waals surface area contributed by atoms with Crippen LogP contribution in [-0.4, -0.2) is 49.0 Å². The van der Waals surface area contributed by atoms with E-state index >= 15 is 0 Å². The molecule has 1 saturated carbocycles. The van der Waals surface area contributed by atoms with Crippen molar-refractivity contribution in [3.8, 4) is 0 Å². The van der Waals surface area contributed by atoms with Gasteiger partial charge >= 0.3 is 0 Å². The van der Waals surface area contributed by atoms with Crippen molar-refractivity contribution in [1.29, 1.82) is 0 Å². The summed E-state index contributed by atoms with van der Waals surface area (Å²) in [6.07, 6.45) is 4.27. The van der Waals surface area contributed by atoms with Gasteiger partial charge in [-0.05, 0) is 64.7 Å². The molecule has 1 aliphatic rings. The number of benzene rings is 1. The number of amides is 1. The molecule has 6 nitrogen and oxygen atoms in total. The molecule has 1 amide bonds. The van der Waals surface area contributed by atoms with Crippen LogP contribution in [0, 0.1) is 5.92 Å². The molecule has 0 aromatic heterocycles. The summed E-state index contributed by atoms with van der Waals surface area (Å²) < 4.78 is 0. The Morgan fingerprint density at radius 2 is 1.87 bits per heavy atom. The van der Waals surface area contributed by atoms with E-state index in [0.717, 1.165) is 49.6 Å². The standard InChI is InChI=1S/C23H39N5O.HI/c1-17(2)28(18(3)4)14-8-13-25-23(24-5)26-16-19-9-6-12-21(15-19)27-22(29)20-10-7-11-20;/h6,9,12,15,17-18,20H,7-8,10-11,13-14,16H2,1-5H3,(H,27,29)(H2,24,25,26);1H. The lowest BCUT2D eigenvalue weighted by Gasteiger charge is -2.30. The second kappa shape index (κ2) is 13.9. The molecular formula is C23H40IN5O. The molecule has 0 spiro atoms. The zero-order chi connectivity index (χ0) is 21.2. The topological polar surface area (TPSA) is 68.8 Å². The van der Waals surface area contributed by atoms with Crippen LogP contribution in [0.15, 0.2) is 29.3 Å². The van der Waals surface area contributed by atoms with Crippen LogP contribution < -0.4 is 16.0 Å². The van der Waals surface area contributed by atoms with E-state index in [2.05, 4.69) is 59.6 Å². The fourth-order valence-electron chi connectivity index (χ4n) is 3.66. The van der Waals surface area contributed by atoms with Gasteiger partial charge in [-0.15, -0.1) is 24.0 Å². The lowest BCUT2D eigenvalue weighted by atomic mass is 9.85. The zero-order valence-electron chi connectivity index (χ0n) is 19.2. The minimum atomic E-state index is 0. The lowest BCUT2D eigenvalue weighted by Crippen LogP contribution is -2.41. The summed E-state index contributed by atoms with van der Waals surface area (Å²) in [5.74, 6) is 1.15. The Morgan fingerprint density at radius 3 is 2.43 bits per heavy atom. The number of aliphatic imine (C=N–C) groups is 1. The highest BCUT2D eigenvalue weighted by Crippen LogP contribution is 2.27. The number of nitrogens with zero attached hydrogens (tertiary/aromatic N) is 2. The van der Waals surface area contributed by atoms with Gasteiger partial charge in [-0.3, -0.25) is 14.7 Å². The van der Waals surface area contributed by atoms with Gasteiger partial charge in [0.25, 0.3) is 0 Å². The van der Waals surface area contributed by atoms with Crippen LogP contribution >= 0.6 is 24.0 Å². The van der Waals surface area contributed by atoms with Crippen molar-refractivity contribution in [1.82, 2.24) is 15.5 Å². The van der Waals surface area contributed by atoms with E-state index in [1.165, 1.54) is 6.42 Å². The second-order valence-electron chi connectivity index (χ2n) is 8.45. The van der Waals surface area contributed by atoms with E-state index < -0.39 is 0 Å². The van der Waals surface area contributed by atoms with E-state index in [9.17, 15) is 4.79 Å². The van der Waals surface area contributed by atoms with Gasteiger partial charge < -0.3 is 16.0 Å².